The molecule has 2 aromatic carbocycles. The molecule has 1 aliphatic heterocycles. The molecule has 1 saturated heterocycles. The molecule has 9 heteroatoms. The SMILES string of the molecule is CC1=CC(C(N)=O)=C(NCc2ccccc2)C=C(Nc2cccc(C(=O)N3CCN(c4cnccn4)CC3)c2)CC1. The van der Waals surface area contributed by atoms with Crippen LogP contribution in [0.4, 0.5) is 11.5 Å². The summed E-state index contributed by atoms with van der Waals surface area (Å²) in [4.78, 5) is 38.3. The number of anilines is 2. The summed E-state index contributed by atoms with van der Waals surface area (Å²) < 4.78 is 0. The summed E-state index contributed by atoms with van der Waals surface area (Å²) >= 11 is 0. The predicted molar refractivity (Wildman–Crippen MR) is 161 cm³/mol. The van der Waals surface area contributed by atoms with E-state index >= 15 is 0 Å². The Hall–Kier alpha value is -4.92. The average molecular weight is 550 g/mol. The van der Waals surface area contributed by atoms with Gasteiger partial charge in [-0.25, -0.2) is 4.98 Å². The van der Waals surface area contributed by atoms with Crippen molar-refractivity contribution in [2.24, 2.45) is 5.73 Å². The molecular formula is C32H35N7O2. The third-order valence-electron chi connectivity index (χ3n) is 7.23. The number of nitrogens with zero attached hydrogens (tertiary/aromatic N) is 4. The second kappa shape index (κ2) is 13.0. The monoisotopic (exact) mass is 549 g/mol. The number of amides is 2. The number of carbonyl (C=O) groups excluding carboxylic acids is 2. The molecule has 9 nitrogen and oxygen atoms in total. The molecule has 2 amide bonds. The van der Waals surface area contributed by atoms with Crippen molar-refractivity contribution < 1.29 is 9.59 Å². The van der Waals surface area contributed by atoms with Gasteiger partial charge in [-0.15, -0.1) is 0 Å². The van der Waals surface area contributed by atoms with E-state index in [0.29, 0.717) is 49.6 Å². The molecule has 1 aliphatic carbocycles. The van der Waals surface area contributed by atoms with Gasteiger partial charge >= 0.3 is 0 Å². The molecule has 0 radical (unpaired) electrons. The van der Waals surface area contributed by atoms with E-state index in [1.54, 1.807) is 18.6 Å². The van der Waals surface area contributed by atoms with Gasteiger partial charge in [0.2, 0.25) is 0 Å². The van der Waals surface area contributed by atoms with Crippen LogP contribution >= 0.6 is 0 Å². The molecule has 210 valence electrons. The third-order valence-corrected chi connectivity index (χ3v) is 7.23. The maximum atomic E-state index is 13.4. The van der Waals surface area contributed by atoms with Gasteiger partial charge < -0.3 is 26.2 Å². The van der Waals surface area contributed by atoms with Gasteiger partial charge in [-0.3, -0.25) is 14.6 Å². The molecule has 4 N–H and O–H groups in total. The summed E-state index contributed by atoms with van der Waals surface area (Å²) in [6.07, 6.45) is 10.4. The van der Waals surface area contributed by atoms with Crippen LogP contribution in [0.1, 0.15) is 35.7 Å². The van der Waals surface area contributed by atoms with Crippen LogP contribution in [-0.2, 0) is 11.3 Å². The normalized spacial score (nSPS) is 15.8. The highest BCUT2D eigenvalue weighted by molar-refractivity contribution is 5.96. The van der Waals surface area contributed by atoms with Crippen molar-refractivity contribution in [3.05, 3.63) is 119 Å². The van der Waals surface area contributed by atoms with E-state index < -0.39 is 5.91 Å². The van der Waals surface area contributed by atoms with Crippen molar-refractivity contribution >= 4 is 23.3 Å². The Morgan fingerprint density at radius 2 is 1.76 bits per heavy atom. The fourth-order valence-electron chi connectivity index (χ4n) is 4.99. The first-order valence-electron chi connectivity index (χ1n) is 13.8. The number of piperazine rings is 1. The third kappa shape index (κ3) is 7.19. The number of carbonyl (C=O) groups is 2. The molecule has 0 saturated carbocycles. The Bertz CT molecular complexity index is 1470. The number of allylic oxidation sites excluding steroid dienone is 3. The van der Waals surface area contributed by atoms with Crippen molar-refractivity contribution in [1.29, 1.82) is 0 Å². The van der Waals surface area contributed by atoms with E-state index in [-0.39, 0.29) is 5.91 Å². The molecule has 0 spiro atoms. The molecular weight excluding hydrogens is 514 g/mol. The lowest BCUT2D eigenvalue weighted by atomic mass is 10.00. The van der Waals surface area contributed by atoms with Gasteiger partial charge in [-0.2, -0.15) is 0 Å². The number of hydrogen-bond donors (Lipinski definition) is 3. The highest BCUT2D eigenvalue weighted by Crippen LogP contribution is 2.24. The maximum absolute atomic E-state index is 13.4. The fourth-order valence-corrected chi connectivity index (χ4v) is 4.99. The molecule has 0 atom stereocenters. The van der Waals surface area contributed by atoms with Crippen molar-refractivity contribution in [2.75, 3.05) is 36.4 Å². The van der Waals surface area contributed by atoms with Crippen LogP contribution in [0.2, 0.25) is 0 Å². The summed E-state index contributed by atoms with van der Waals surface area (Å²) in [6, 6.07) is 17.6. The Morgan fingerprint density at radius 1 is 0.951 bits per heavy atom. The van der Waals surface area contributed by atoms with Gasteiger partial charge in [0.05, 0.1) is 11.8 Å². The first kappa shape index (κ1) is 27.6. The fraction of sp³-hybridized carbons (Fsp3) is 0.250. The molecule has 3 aromatic rings. The van der Waals surface area contributed by atoms with Crippen molar-refractivity contribution in [3.8, 4) is 0 Å². The van der Waals surface area contributed by atoms with Crippen molar-refractivity contribution in [3.63, 3.8) is 0 Å². The predicted octanol–water partition coefficient (Wildman–Crippen LogP) is 4.00. The average Bonchev–Trinajstić information content (AvgIpc) is 3.00. The number of primary amides is 1. The van der Waals surface area contributed by atoms with E-state index in [1.807, 2.05) is 78.6 Å². The smallest absolute Gasteiger partial charge is 0.254 e. The summed E-state index contributed by atoms with van der Waals surface area (Å²) in [7, 11) is 0. The molecule has 2 aliphatic rings. The van der Waals surface area contributed by atoms with Gasteiger partial charge in [-0.1, -0.05) is 42.0 Å². The van der Waals surface area contributed by atoms with Gasteiger partial charge in [0.15, 0.2) is 0 Å². The lowest BCUT2D eigenvalue weighted by Gasteiger charge is -2.35. The Labute approximate surface area is 240 Å². The number of rotatable bonds is 8. The number of nitrogens with one attached hydrogen (secondary N) is 2. The van der Waals surface area contributed by atoms with Crippen LogP contribution in [-0.4, -0.2) is 52.9 Å². The van der Waals surface area contributed by atoms with Crippen LogP contribution in [0.15, 0.2) is 108 Å². The number of nitrogens with two attached hydrogens (primary N) is 1. The molecule has 1 fully saturated rings. The molecule has 5 rings (SSSR count). The summed E-state index contributed by atoms with van der Waals surface area (Å²) in [5.74, 6) is 0.345. The van der Waals surface area contributed by atoms with E-state index in [9.17, 15) is 9.59 Å². The van der Waals surface area contributed by atoms with E-state index in [4.69, 9.17) is 5.73 Å². The lowest BCUT2D eigenvalue weighted by molar-refractivity contribution is -0.114. The topological polar surface area (TPSA) is 116 Å². The van der Waals surface area contributed by atoms with Gasteiger partial charge in [0.1, 0.15) is 5.82 Å². The first-order chi connectivity index (χ1) is 20.0. The van der Waals surface area contributed by atoms with E-state index in [0.717, 1.165) is 41.2 Å². The van der Waals surface area contributed by atoms with Gasteiger partial charge in [0.25, 0.3) is 11.8 Å². The van der Waals surface area contributed by atoms with Gasteiger partial charge in [-0.05, 0) is 55.7 Å². The maximum Gasteiger partial charge on any atom is 0.254 e. The zero-order chi connectivity index (χ0) is 28.6. The standard InChI is InChI=1S/C32H35N7O2/c1-23-10-11-27(20-29(28(18-23)31(33)40)36-21-24-6-3-2-4-7-24)37-26-9-5-8-25(19-26)32(41)39-16-14-38(15-17-39)30-22-34-12-13-35-30/h2-9,12-13,18-20,22,36-37H,10-11,14-17,21H2,1H3,(H2,33,40). The minimum atomic E-state index is -0.482. The number of hydrogen-bond acceptors (Lipinski definition) is 7. The largest absolute Gasteiger partial charge is 0.380 e. The molecule has 2 heterocycles. The van der Waals surface area contributed by atoms with Crippen molar-refractivity contribution in [2.45, 2.75) is 26.3 Å². The molecule has 0 unspecified atom stereocenters. The zero-order valence-electron chi connectivity index (χ0n) is 23.2. The van der Waals surface area contributed by atoms with E-state index in [1.165, 1.54) is 0 Å². The van der Waals surface area contributed by atoms with Gasteiger partial charge in [0, 0.05) is 67.8 Å². The van der Waals surface area contributed by atoms with Crippen molar-refractivity contribution in [1.82, 2.24) is 20.2 Å². The highest BCUT2D eigenvalue weighted by atomic mass is 16.2. The minimum Gasteiger partial charge on any atom is -0.380 e. The van der Waals surface area contributed by atoms with Crippen LogP contribution in [0.5, 0.6) is 0 Å². The number of benzene rings is 2. The van der Waals surface area contributed by atoms with Crippen LogP contribution < -0.4 is 21.3 Å². The number of aromatic nitrogens is 2. The Morgan fingerprint density at radius 3 is 2.49 bits per heavy atom. The lowest BCUT2D eigenvalue weighted by Crippen LogP contribution is -2.49. The van der Waals surface area contributed by atoms with E-state index in [2.05, 4.69) is 25.5 Å². The Kier molecular flexibility index (Phi) is 8.73. The van der Waals surface area contributed by atoms with Crippen LogP contribution in [0.25, 0.3) is 0 Å². The second-order valence-corrected chi connectivity index (χ2v) is 10.2. The molecule has 1 aromatic heterocycles. The summed E-state index contributed by atoms with van der Waals surface area (Å²) in [5, 5.41) is 6.90. The van der Waals surface area contributed by atoms with Crippen LogP contribution in [0, 0.1) is 0 Å². The Balaban J connectivity index is 1.31. The highest BCUT2D eigenvalue weighted by Gasteiger charge is 2.23. The van der Waals surface area contributed by atoms with Crippen LogP contribution in [0.3, 0.4) is 0 Å². The molecule has 0 bridgehead atoms. The quantitative estimate of drug-likeness (QED) is 0.389. The first-order valence-corrected chi connectivity index (χ1v) is 13.8. The summed E-state index contributed by atoms with van der Waals surface area (Å²) in [5.41, 5.74) is 11.4. The minimum absolute atomic E-state index is 0.000929. The summed E-state index contributed by atoms with van der Waals surface area (Å²) in [6.45, 7) is 5.19. The second-order valence-electron chi connectivity index (χ2n) is 10.2. The zero-order valence-corrected chi connectivity index (χ0v) is 23.2. The molecule has 41 heavy (non-hydrogen) atoms.